The van der Waals surface area contributed by atoms with E-state index in [1.807, 2.05) is 0 Å². The molecular formula is C13H16ClFN2S. The van der Waals surface area contributed by atoms with Gasteiger partial charge in [0.05, 0.1) is 11.0 Å². The summed E-state index contributed by atoms with van der Waals surface area (Å²) < 4.78 is 14.0. The highest BCUT2D eigenvalue weighted by Gasteiger charge is 2.28. The Bertz CT molecular complexity index is 426. The number of hydrogen-bond acceptors (Lipinski definition) is 2. The Morgan fingerprint density at radius 2 is 2.00 bits per heavy atom. The van der Waals surface area contributed by atoms with Crippen molar-refractivity contribution >= 4 is 28.8 Å². The number of halogens is 2. The first-order chi connectivity index (χ1) is 8.61. The van der Waals surface area contributed by atoms with E-state index in [1.165, 1.54) is 12.5 Å². The molecule has 1 atom stereocenters. The van der Waals surface area contributed by atoms with Crippen LogP contribution in [0.2, 0.25) is 5.02 Å². The summed E-state index contributed by atoms with van der Waals surface area (Å²) in [5.74, 6) is -0.342. The molecule has 0 saturated carbocycles. The summed E-state index contributed by atoms with van der Waals surface area (Å²) in [7, 11) is 0. The molecule has 2 nitrogen and oxygen atoms in total. The first-order valence-electron chi connectivity index (χ1n) is 6.08. The summed E-state index contributed by atoms with van der Waals surface area (Å²) >= 11 is 11.2. The van der Waals surface area contributed by atoms with Crippen molar-refractivity contribution in [3.05, 3.63) is 34.6 Å². The predicted octanol–water partition coefficient (Wildman–Crippen LogP) is 3.29. The van der Waals surface area contributed by atoms with Crippen LogP contribution < -0.4 is 5.73 Å². The number of hydrogen-bond donors (Lipinski definition) is 1. The molecule has 98 valence electrons. The molecule has 1 unspecified atom stereocenters. The molecule has 1 aromatic carbocycles. The van der Waals surface area contributed by atoms with E-state index >= 15 is 0 Å². The van der Waals surface area contributed by atoms with E-state index in [0.29, 0.717) is 10.6 Å². The van der Waals surface area contributed by atoms with Gasteiger partial charge in [0.2, 0.25) is 0 Å². The molecule has 5 heteroatoms. The van der Waals surface area contributed by atoms with E-state index in [4.69, 9.17) is 29.6 Å². The van der Waals surface area contributed by atoms with Gasteiger partial charge in [0, 0.05) is 10.6 Å². The van der Waals surface area contributed by atoms with Crippen LogP contribution in [0.25, 0.3) is 0 Å². The second-order valence-corrected chi connectivity index (χ2v) is 5.42. The molecule has 1 aromatic rings. The summed E-state index contributed by atoms with van der Waals surface area (Å²) in [5, 5.41) is 0.387. The minimum absolute atomic E-state index is 0.281. The number of benzene rings is 1. The van der Waals surface area contributed by atoms with Gasteiger partial charge in [0.1, 0.15) is 5.82 Å². The molecule has 0 radical (unpaired) electrons. The van der Waals surface area contributed by atoms with Crippen LogP contribution in [0.3, 0.4) is 0 Å². The summed E-state index contributed by atoms with van der Waals surface area (Å²) in [6.07, 6.45) is 3.38. The van der Waals surface area contributed by atoms with Crippen molar-refractivity contribution in [1.82, 2.24) is 4.90 Å². The Kier molecular flexibility index (Phi) is 4.54. The van der Waals surface area contributed by atoms with Crippen molar-refractivity contribution < 1.29 is 4.39 Å². The van der Waals surface area contributed by atoms with Crippen molar-refractivity contribution in [2.75, 3.05) is 13.1 Å². The number of likely N-dealkylation sites (tertiary alicyclic amines) is 1. The highest BCUT2D eigenvalue weighted by atomic mass is 35.5. The van der Waals surface area contributed by atoms with E-state index in [2.05, 4.69) is 4.90 Å². The van der Waals surface area contributed by atoms with Gasteiger partial charge >= 0.3 is 0 Å². The molecule has 2 rings (SSSR count). The summed E-state index contributed by atoms with van der Waals surface area (Å²) in [4.78, 5) is 2.40. The summed E-state index contributed by atoms with van der Waals surface area (Å²) in [5.41, 5.74) is 6.21. The summed E-state index contributed by atoms with van der Waals surface area (Å²) in [6, 6.07) is 4.27. The Balaban J connectivity index is 2.37. The van der Waals surface area contributed by atoms with Crippen LogP contribution in [-0.4, -0.2) is 23.0 Å². The normalized spacial score (nSPS) is 18.6. The molecule has 1 heterocycles. The standard InChI is InChI=1S/C13H16ClFN2S/c14-9-5-4-6-10(15)11(9)12(13(16)18)17-7-2-1-3-8-17/h4-6,12H,1-3,7-8H2,(H2,16,18). The van der Waals surface area contributed by atoms with Crippen LogP contribution in [0.5, 0.6) is 0 Å². The van der Waals surface area contributed by atoms with Crippen molar-refractivity contribution in [2.24, 2.45) is 5.73 Å². The molecular weight excluding hydrogens is 271 g/mol. The number of nitrogens with zero attached hydrogens (tertiary/aromatic N) is 1. The molecule has 0 aliphatic carbocycles. The number of thiocarbonyl (C=S) groups is 1. The Morgan fingerprint density at radius 1 is 1.33 bits per heavy atom. The third-order valence-corrected chi connectivity index (χ3v) is 3.85. The van der Waals surface area contributed by atoms with Crippen LogP contribution in [-0.2, 0) is 0 Å². The SMILES string of the molecule is NC(=S)C(c1c(F)cccc1Cl)N1CCCCC1. The van der Waals surface area contributed by atoms with Crippen LogP contribution in [0.1, 0.15) is 30.9 Å². The molecule has 1 aliphatic heterocycles. The third-order valence-electron chi connectivity index (χ3n) is 3.30. The highest BCUT2D eigenvalue weighted by molar-refractivity contribution is 7.80. The fraction of sp³-hybridized carbons (Fsp3) is 0.462. The van der Waals surface area contributed by atoms with E-state index < -0.39 is 6.04 Å². The fourth-order valence-electron chi connectivity index (χ4n) is 2.45. The minimum atomic E-state index is -0.394. The van der Waals surface area contributed by atoms with Gasteiger partial charge in [-0.05, 0) is 38.1 Å². The largest absolute Gasteiger partial charge is 0.392 e. The van der Waals surface area contributed by atoms with Gasteiger partial charge in [-0.15, -0.1) is 0 Å². The van der Waals surface area contributed by atoms with Gasteiger partial charge in [-0.1, -0.05) is 36.3 Å². The van der Waals surface area contributed by atoms with Gasteiger partial charge in [-0.2, -0.15) is 0 Å². The average Bonchev–Trinajstić information content (AvgIpc) is 2.34. The Labute approximate surface area is 117 Å². The number of rotatable bonds is 3. The zero-order valence-corrected chi connectivity index (χ0v) is 11.6. The summed E-state index contributed by atoms with van der Waals surface area (Å²) in [6.45, 7) is 1.76. The lowest BCUT2D eigenvalue weighted by Crippen LogP contribution is -2.40. The van der Waals surface area contributed by atoms with Crippen molar-refractivity contribution in [3.63, 3.8) is 0 Å². The maximum Gasteiger partial charge on any atom is 0.129 e. The molecule has 1 fully saturated rings. The zero-order chi connectivity index (χ0) is 13.1. The molecule has 18 heavy (non-hydrogen) atoms. The van der Waals surface area contributed by atoms with Crippen LogP contribution in [0, 0.1) is 5.82 Å². The smallest absolute Gasteiger partial charge is 0.129 e. The van der Waals surface area contributed by atoms with Gasteiger partial charge in [-0.25, -0.2) is 4.39 Å². The Morgan fingerprint density at radius 3 is 2.56 bits per heavy atom. The van der Waals surface area contributed by atoms with Gasteiger partial charge in [0.25, 0.3) is 0 Å². The number of nitrogens with two attached hydrogens (primary N) is 1. The molecule has 0 amide bonds. The molecule has 0 bridgehead atoms. The lowest BCUT2D eigenvalue weighted by Gasteiger charge is -2.34. The van der Waals surface area contributed by atoms with Crippen LogP contribution >= 0.6 is 23.8 Å². The van der Waals surface area contributed by atoms with Gasteiger partial charge in [0.15, 0.2) is 0 Å². The highest BCUT2D eigenvalue weighted by Crippen LogP contribution is 2.32. The van der Waals surface area contributed by atoms with Crippen molar-refractivity contribution in [2.45, 2.75) is 25.3 Å². The maximum absolute atomic E-state index is 14.0. The van der Waals surface area contributed by atoms with Crippen molar-refractivity contribution in [3.8, 4) is 0 Å². The molecule has 0 aromatic heterocycles. The molecule has 1 aliphatic rings. The molecule has 2 N–H and O–H groups in total. The minimum Gasteiger partial charge on any atom is -0.392 e. The molecule has 1 saturated heterocycles. The Hall–Kier alpha value is -0.710. The maximum atomic E-state index is 14.0. The molecule has 0 spiro atoms. The lowest BCUT2D eigenvalue weighted by atomic mass is 10.0. The van der Waals surface area contributed by atoms with E-state index in [0.717, 1.165) is 25.9 Å². The van der Waals surface area contributed by atoms with E-state index in [1.54, 1.807) is 12.1 Å². The first kappa shape index (κ1) is 13.7. The second kappa shape index (κ2) is 5.95. The zero-order valence-electron chi connectivity index (χ0n) is 10.0. The lowest BCUT2D eigenvalue weighted by molar-refractivity contribution is 0.200. The van der Waals surface area contributed by atoms with Gasteiger partial charge in [-0.3, -0.25) is 4.90 Å². The second-order valence-electron chi connectivity index (χ2n) is 4.54. The third kappa shape index (κ3) is 2.82. The fourth-order valence-corrected chi connectivity index (χ4v) is 2.99. The van der Waals surface area contributed by atoms with Crippen molar-refractivity contribution in [1.29, 1.82) is 0 Å². The van der Waals surface area contributed by atoms with E-state index in [9.17, 15) is 4.39 Å². The van der Waals surface area contributed by atoms with Crippen LogP contribution in [0.4, 0.5) is 4.39 Å². The van der Waals surface area contributed by atoms with Gasteiger partial charge < -0.3 is 5.73 Å². The number of piperidine rings is 1. The quantitative estimate of drug-likeness (QED) is 0.865. The monoisotopic (exact) mass is 286 g/mol. The average molecular weight is 287 g/mol. The van der Waals surface area contributed by atoms with E-state index in [-0.39, 0.29) is 10.8 Å². The topological polar surface area (TPSA) is 29.3 Å². The van der Waals surface area contributed by atoms with Crippen LogP contribution in [0.15, 0.2) is 18.2 Å². The first-order valence-corrected chi connectivity index (χ1v) is 6.87. The predicted molar refractivity (Wildman–Crippen MR) is 76.4 cm³/mol.